The Morgan fingerprint density at radius 3 is 2.61 bits per heavy atom. The number of hydrogen-bond acceptors (Lipinski definition) is 8. The molecule has 2 aliphatic rings. The Labute approximate surface area is 237 Å². The van der Waals surface area contributed by atoms with E-state index in [0.717, 1.165) is 12.8 Å². The predicted octanol–water partition coefficient (Wildman–Crippen LogP) is 2.56. The maximum atomic E-state index is 15.1. The highest BCUT2D eigenvalue weighted by atomic mass is 19.1. The maximum Gasteiger partial charge on any atom is 0.254 e. The molecule has 0 bridgehead atoms. The van der Waals surface area contributed by atoms with Crippen molar-refractivity contribution in [1.82, 2.24) is 24.6 Å². The van der Waals surface area contributed by atoms with Crippen LogP contribution < -0.4 is 15.2 Å². The van der Waals surface area contributed by atoms with Gasteiger partial charge in [-0.1, -0.05) is 0 Å². The van der Waals surface area contributed by atoms with E-state index < -0.39 is 23.6 Å². The number of alkyl halides is 1. The number of hydrogen-bond donors (Lipinski definition) is 2. The zero-order chi connectivity index (χ0) is 29.1. The smallest absolute Gasteiger partial charge is 0.254 e. The molecule has 11 nitrogen and oxygen atoms in total. The van der Waals surface area contributed by atoms with Crippen molar-refractivity contribution in [3.05, 3.63) is 54.2 Å². The normalized spacial score (nSPS) is 19.2. The summed E-state index contributed by atoms with van der Waals surface area (Å²) >= 11 is 0. The summed E-state index contributed by atoms with van der Waals surface area (Å²) in [6, 6.07) is 5.13. The minimum atomic E-state index is -1.30. The van der Waals surface area contributed by atoms with Gasteiger partial charge < -0.3 is 25.2 Å². The Bertz CT molecular complexity index is 1390. The molecule has 1 aliphatic heterocycles. The molecule has 3 aromatic rings. The number of ether oxygens (including phenoxy) is 2. The third-order valence-electron chi connectivity index (χ3n) is 7.05. The fourth-order valence-electron chi connectivity index (χ4n) is 4.68. The molecule has 2 fully saturated rings. The summed E-state index contributed by atoms with van der Waals surface area (Å²) in [6.07, 6.45) is 8.06. The van der Waals surface area contributed by atoms with Crippen molar-refractivity contribution in [3.63, 3.8) is 0 Å². The lowest BCUT2D eigenvalue weighted by molar-refractivity contribution is -0.133. The average Bonchev–Trinajstić information content (AvgIpc) is 3.63. The van der Waals surface area contributed by atoms with Gasteiger partial charge in [0, 0.05) is 41.7 Å². The molecule has 5 rings (SSSR count). The first kappa shape index (κ1) is 28.5. The molecule has 4 heterocycles. The monoisotopic (exact) mass is 566 g/mol. The Morgan fingerprint density at radius 1 is 1.15 bits per heavy atom. The van der Waals surface area contributed by atoms with Crippen molar-refractivity contribution in [3.8, 4) is 22.8 Å². The number of likely N-dealkylation sites (tertiary alicyclic amines) is 1. The van der Waals surface area contributed by atoms with Crippen LogP contribution in [0.3, 0.4) is 0 Å². The van der Waals surface area contributed by atoms with Gasteiger partial charge in [-0.2, -0.15) is 5.10 Å². The number of pyridine rings is 2. The summed E-state index contributed by atoms with van der Waals surface area (Å²) in [5.74, 6) is -0.671. The third kappa shape index (κ3) is 7.57. The zero-order valence-corrected chi connectivity index (χ0v) is 23.2. The Hall–Kier alpha value is -4.06. The number of aliphatic hydroxyl groups is 1. The van der Waals surface area contributed by atoms with Gasteiger partial charge in [-0.25, -0.2) is 9.37 Å². The molecule has 2 atom stereocenters. The van der Waals surface area contributed by atoms with E-state index in [4.69, 9.17) is 15.2 Å². The van der Waals surface area contributed by atoms with Crippen molar-refractivity contribution in [1.29, 1.82) is 0 Å². The second-order valence-corrected chi connectivity index (χ2v) is 11.4. The highest BCUT2D eigenvalue weighted by Gasteiger charge is 2.32. The van der Waals surface area contributed by atoms with E-state index in [2.05, 4.69) is 15.1 Å². The summed E-state index contributed by atoms with van der Waals surface area (Å²) in [4.78, 5) is 35.0. The molecule has 0 aromatic carbocycles. The molecular weight excluding hydrogens is 531 g/mol. The first-order chi connectivity index (χ1) is 19.5. The summed E-state index contributed by atoms with van der Waals surface area (Å²) in [5.41, 5.74) is 6.62. The van der Waals surface area contributed by atoms with Crippen LogP contribution in [0.5, 0.6) is 11.6 Å². The van der Waals surface area contributed by atoms with Crippen molar-refractivity contribution < 1.29 is 28.6 Å². The largest absolute Gasteiger partial charge is 0.489 e. The van der Waals surface area contributed by atoms with Gasteiger partial charge in [0.25, 0.3) is 5.91 Å². The van der Waals surface area contributed by atoms with Gasteiger partial charge in [0.1, 0.15) is 17.5 Å². The zero-order valence-electron chi connectivity index (χ0n) is 23.2. The molecule has 1 saturated carbocycles. The molecule has 1 aliphatic carbocycles. The van der Waals surface area contributed by atoms with Crippen LogP contribution in [0.1, 0.15) is 49.2 Å². The summed E-state index contributed by atoms with van der Waals surface area (Å²) < 4.78 is 28.2. The van der Waals surface area contributed by atoms with Gasteiger partial charge in [-0.15, -0.1) is 0 Å². The fraction of sp³-hybridized carbons (Fsp3) is 0.483. The number of halogens is 1. The number of amides is 2. The quantitative estimate of drug-likeness (QED) is 0.360. The van der Waals surface area contributed by atoms with E-state index in [1.165, 1.54) is 11.1 Å². The van der Waals surface area contributed by atoms with Crippen LogP contribution >= 0.6 is 0 Å². The summed E-state index contributed by atoms with van der Waals surface area (Å²) in [5, 5.41) is 14.3. The first-order valence-electron chi connectivity index (χ1n) is 13.8. The second kappa shape index (κ2) is 11.8. The standard InChI is InChI=1S/C29H35FN6O5/c1-29(2,39)17-36-14-20(12-34-36)19-9-24(27(31)38)28(33-11-19)40-16-18-7-8-35(15-25(18)30)26(37)10-21-3-4-23(13-32-21)41-22-5-6-22/h3-4,9,11-14,18,22,25,39H,5-8,10,15-17H2,1-2H3,(H2,31,38). The molecule has 0 radical (unpaired) electrons. The summed E-state index contributed by atoms with van der Waals surface area (Å²) in [7, 11) is 0. The van der Waals surface area contributed by atoms with Crippen LogP contribution in [0.25, 0.3) is 11.1 Å². The first-order valence-corrected chi connectivity index (χ1v) is 13.8. The van der Waals surface area contributed by atoms with Crippen molar-refractivity contribution in [2.75, 3.05) is 19.7 Å². The molecule has 2 unspecified atom stereocenters. The van der Waals surface area contributed by atoms with Gasteiger partial charge in [0.2, 0.25) is 11.8 Å². The molecule has 0 spiro atoms. The van der Waals surface area contributed by atoms with Crippen LogP contribution in [0.15, 0.2) is 43.0 Å². The number of rotatable bonds is 11. The van der Waals surface area contributed by atoms with Crippen molar-refractivity contribution in [2.24, 2.45) is 11.7 Å². The van der Waals surface area contributed by atoms with E-state index in [0.29, 0.717) is 42.1 Å². The van der Waals surface area contributed by atoms with Gasteiger partial charge in [0.15, 0.2) is 0 Å². The number of piperidine rings is 1. The average molecular weight is 567 g/mol. The molecular formula is C29H35FN6O5. The number of carbonyl (C=O) groups excluding carboxylic acids is 2. The lowest BCUT2D eigenvalue weighted by Gasteiger charge is -2.34. The number of primary amides is 1. The topological polar surface area (TPSA) is 146 Å². The molecule has 3 aromatic heterocycles. The third-order valence-corrected chi connectivity index (χ3v) is 7.05. The van der Waals surface area contributed by atoms with Crippen molar-refractivity contribution >= 4 is 11.8 Å². The Balaban J connectivity index is 1.15. The molecule has 1 saturated heterocycles. The number of nitrogens with two attached hydrogens (primary N) is 1. The van der Waals surface area contributed by atoms with Crippen molar-refractivity contribution in [2.45, 2.75) is 64.0 Å². The van der Waals surface area contributed by atoms with E-state index in [9.17, 15) is 14.7 Å². The van der Waals surface area contributed by atoms with Crippen LogP contribution in [-0.4, -0.2) is 79.1 Å². The predicted molar refractivity (Wildman–Crippen MR) is 147 cm³/mol. The van der Waals surface area contributed by atoms with E-state index in [-0.39, 0.29) is 43.0 Å². The maximum absolute atomic E-state index is 15.1. The Morgan fingerprint density at radius 2 is 1.95 bits per heavy atom. The van der Waals surface area contributed by atoms with E-state index >= 15 is 4.39 Å². The van der Waals surface area contributed by atoms with Gasteiger partial charge in [-0.05, 0) is 51.3 Å². The van der Waals surface area contributed by atoms with Gasteiger partial charge in [0.05, 0.1) is 50.2 Å². The molecule has 3 N–H and O–H groups in total. The molecule has 2 amide bonds. The highest BCUT2D eigenvalue weighted by Crippen LogP contribution is 2.28. The molecule has 41 heavy (non-hydrogen) atoms. The highest BCUT2D eigenvalue weighted by molar-refractivity contribution is 5.96. The van der Waals surface area contributed by atoms with Crippen LogP contribution in [0.4, 0.5) is 4.39 Å². The van der Waals surface area contributed by atoms with E-state index in [1.807, 2.05) is 0 Å². The lowest BCUT2D eigenvalue weighted by atomic mass is 9.95. The van der Waals surface area contributed by atoms with E-state index in [1.54, 1.807) is 55.3 Å². The molecule has 12 heteroatoms. The second-order valence-electron chi connectivity index (χ2n) is 11.4. The van der Waals surface area contributed by atoms with Crippen LogP contribution in [0.2, 0.25) is 0 Å². The van der Waals surface area contributed by atoms with Gasteiger partial charge in [-0.3, -0.25) is 19.3 Å². The SMILES string of the molecule is CC(C)(O)Cn1cc(-c2cnc(OCC3CCN(C(=O)Cc4ccc(OC5CC5)cn4)CC3F)c(C(N)=O)c2)cn1. The fourth-order valence-corrected chi connectivity index (χ4v) is 4.68. The Kier molecular flexibility index (Phi) is 8.20. The number of aromatic nitrogens is 4. The number of nitrogens with zero attached hydrogens (tertiary/aromatic N) is 5. The molecule has 218 valence electrons. The summed E-state index contributed by atoms with van der Waals surface area (Å²) in [6.45, 7) is 3.99. The minimum Gasteiger partial charge on any atom is -0.489 e. The minimum absolute atomic E-state index is 0.0106. The lowest BCUT2D eigenvalue weighted by Crippen LogP contribution is -2.47. The van der Waals surface area contributed by atoms with Crippen LogP contribution in [-0.2, 0) is 17.8 Å². The van der Waals surface area contributed by atoms with Gasteiger partial charge >= 0.3 is 0 Å². The van der Waals surface area contributed by atoms with Crippen LogP contribution in [0, 0.1) is 5.92 Å². The number of carbonyl (C=O) groups is 2.